The molecule has 0 saturated carbocycles. The van der Waals surface area contributed by atoms with E-state index in [-0.39, 0.29) is 0 Å². The topological polar surface area (TPSA) is 43.1 Å². The van der Waals surface area contributed by atoms with Crippen molar-refractivity contribution in [1.29, 1.82) is 0 Å². The molecule has 0 atom stereocenters. The van der Waals surface area contributed by atoms with Gasteiger partial charge in [-0.3, -0.25) is 0 Å². The van der Waals surface area contributed by atoms with E-state index in [9.17, 15) is 0 Å². The van der Waals surface area contributed by atoms with Gasteiger partial charge in [0.05, 0.1) is 17.4 Å². The molecule has 0 aromatic carbocycles. The summed E-state index contributed by atoms with van der Waals surface area (Å²) in [5.74, 6) is 0. The van der Waals surface area contributed by atoms with Gasteiger partial charge in [0.1, 0.15) is 0 Å². The molecule has 0 saturated heterocycles. The Hall–Kier alpha value is -1.45. The number of fused-ring (bicyclic) bond motifs is 1. The Balaban J connectivity index is 2.90. The second kappa shape index (κ2) is 2.02. The summed E-state index contributed by atoms with van der Waals surface area (Å²) < 4.78 is 1.55. The van der Waals surface area contributed by atoms with E-state index in [1.807, 2.05) is 19.9 Å². The van der Waals surface area contributed by atoms with Crippen molar-refractivity contribution in [3.05, 3.63) is 23.5 Å². The number of nitrogens with zero attached hydrogens (tertiary/aromatic N) is 4. The van der Waals surface area contributed by atoms with Crippen molar-refractivity contribution < 1.29 is 0 Å². The Bertz CT molecular complexity index is 390. The maximum absolute atomic E-state index is 4.12. The van der Waals surface area contributed by atoms with Crippen molar-refractivity contribution in [2.24, 2.45) is 0 Å². The first-order chi connectivity index (χ1) is 5.27. The van der Waals surface area contributed by atoms with Crippen molar-refractivity contribution in [3.63, 3.8) is 0 Å². The average molecular weight is 148 g/mol. The van der Waals surface area contributed by atoms with Gasteiger partial charge in [0.15, 0.2) is 0 Å². The normalized spacial score (nSPS) is 10.7. The standard InChI is InChI=1S/C7H8N4/c1-5-4-8-10-11-7(5)3-6(2)9-11/h3-4H,1-2H3. The predicted molar refractivity (Wildman–Crippen MR) is 40.3 cm³/mol. The number of aromatic nitrogens is 4. The highest BCUT2D eigenvalue weighted by atomic mass is 15.5. The summed E-state index contributed by atoms with van der Waals surface area (Å²) in [7, 11) is 0. The van der Waals surface area contributed by atoms with Gasteiger partial charge < -0.3 is 0 Å². The van der Waals surface area contributed by atoms with Gasteiger partial charge >= 0.3 is 0 Å². The number of aryl methyl sites for hydroxylation is 2. The molecule has 4 nitrogen and oxygen atoms in total. The molecule has 2 aromatic heterocycles. The minimum Gasteiger partial charge on any atom is -0.154 e. The summed E-state index contributed by atoms with van der Waals surface area (Å²) >= 11 is 0. The van der Waals surface area contributed by atoms with Crippen LogP contribution in [0.15, 0.2) is 12.3 Å². The third-order valence-corrected chi connectivity index (χ3v) is 1.61. The van der Waals surface area contributed by atoms with E-state index in [2.05, 4.69) is 15.4 Å². The van der Waals surface area contributed by atoms with E-state index >= 15 is 0 Å². The Labute approximate surface area is 63.8 Å². The van der Waals surface area contributed by atoms with E-state index in [1.165, 1.54) is 0 Å². The maximum Gasteiger partial charge on any atom is 0.0938 e. The van der Waals surface area contributed by atoms with Crippen LogP contribution in [-0.4, -0.2) is 20.0 Å². The summed E-state index contributed by atoms with van der Waals surface area (Å²) in [5, 5.41) is 11.7. The zero-order valence-corrected chi connectivity index (χ0v) is 6.44. The summed E-state index contributed by atoms with van der Waals surface area (Å²) in [4.78, 5) is 0. The van der Waals surface area contributed by atoms with Crippen molar-refractivity contribution >= 4 is 5.52 Å². The van der Waals surface area contributed by atoms with Crippen LogP contribution in [0.5, 0.6) is 0 Å². The molecule has 0 radical (unpaired) electrons. The highest BCUT2D eigenvalue weighted by Crippen LogP contribution is 2.06. The van der Waals surface area contributed by atoms with E-state index in [4.69, 9.17) is 0 Å². The van der Waals surface area contributed by atoms with Crippen molar-refractivity contribution in [2.75, 3.05) is 0 Å². The van der Waals surface area contributed by atoms with Gasteiger partial charge in [-0.15, -0.1) is 9.73 Å². The fourth-order valence-electron chi connectivity index (χ4n) is 1.05. The number of hydrogen-bond donors (Lipinski definition) is 0. The van der Waals surface area contributed by atoms with Gasteiger partial charge in [0.2, 0.25) is 0 Å². The maximum atomic E-state index is 4.12. The molecule has 4 heteroatoms. The molecule has 0 bridgehead atoms. The number of rotatable bonds is 0. The van der Waals surface area contributed by atoms with Crippen LogP contribution in [0.3, 0.4) is 0 Å². The summed E-state index contributed by atoms with van der Waals surface area (Å²) in [5.41, 5.74) is 3.09. The fourth-order valence-corrected chi connectivity index (χ4v) is 1.05. The molecule has 11 heavy (non-hydrogen) atoms. The Morgan fingerprint density at radius 2 is 2.18 bits per heavy atom. The van der Waals surface area contributed by atoms with Crippen molar-refractivity contribution in [1.82, 2.24) is 20.0 Å². The van der Waals surface area contributed by atoms with E-state index < -0.39 is 0 Å². The first kappa shape index (κ1) is 6.27. The molecule has 2 rings (SSSR count). The van der Waals surface area contributed by atoms with E-state index in [1.54, 1.807) is 10.8 Å². The van der Waals surface area contributed by atoms with Gasteiger partial charge in [-0.05, 0) is 30.7 Å². The van der Waals surface area contributed by atoms with Crippen LogP contribution in [0.4, 0.5) is 0 Å². The summed E-state index contributed by atoms with van der Waals surface area (Å²) in [6, 6.07) is 1.99. The molecule has 0 spiro atoms. The molecule has 0 amide bonds. The third-order valence-electron chi connectivity index (χ3n) is 1.61. The minimum atomic E-state index is 0.966. The lowest BCUT2D eigenvalue weighted by molar-refractivity contribution is 0.707. The quantitative estimate of drug-likeness (QED) is 0.553. The highest BCUT2D eigenvalue weighted by Gasteiger charge is 1.99. The lowest BCUT2D eigenvalue weighted by Gasteiger charge is -1.91. The SMILES string of the molecule is Cc1cc2c(C)cnnn2n1. The molecule has 0 aliphatic heterocycles. The van der Waals surface area contributed by atoms with Crippen LogP contribution in [0, 0.1) is 13.8 Å². The van der Waals surface area contributed by atoms with Crippen LogP contribution in [0.2, 0.25) is 0 Å². The Kier molecular flexibility index (Phi) is 1.15. The lowest BCUT2D eigenvalue weighted by Crippen LogP contribution is -1.97. The molecule has 0 unspecified atom stereocenters. The molecule has 0 aliphatic rings. The third kappa shape index (κ3) is 0.869. The number of hydrogen-bond acceptors (Lipinski definition) is 3. The molecule has 2 aromatic rings. The zero-order chi connectivity index (χ0) is 7.84. The first-order valence-corrected chi connectivity index (χ1v) is 3.42. The fraction of sp³-hybridized carbons (Fsp3) is 0.286. The highest BCUT2D eigenvalue weighted by molar-refractivity contribution is 5.51. The first-order valence-electron chi connectivity index (χ1n) is 3.42. The van der Waals surface area contributed by atoms with Gasteiger partial charge in [0, 0.05) is 0 Å². The van der Waals surface area contributed by atoms with Crippen LogP contribution >= 0.6 is 0 Å². The monoisotopic (exact) mass is 148 g/mol. The smallest absolute Gasteiger partial charge is 0.0938 e. The van der Waals surface area contributed by atoms with Crippen LogP contribution in [0.1, 0.15) is 11.3 Å². The molecule has 0 aliphatic carbocycles. The summed E-state index contributed by atoms with van der Waals surface area (Å²) in [6.07, 6.45) is 1.73. The summed E-state index contributed by atoms with van der Waals surface area (Å²) in [6.45, 7) is 3.93. The van der Waals surface area contributed by atoms with Gasteiger partial charge in [0.25, 0.3) is 0 Å². The zero-order valence-electron chi connectivity index (χ0n) is 6.44. The average Bonchev–Trinajstić information content (AvgIpc) is 2.31. The second-order valence-electron chi connectivity index (χ2n) is 2.58. The molecule has 0 N–H and O–H groups in total. The molecular weight excluding hydrogens is 140 g/mol. The largest absolute Gasteiger partial charge is 0.154 e. The Morgan fingerprint density at radius 3 is 2.91 bits per heavy atom. The van der Waals surface area contributed by atoms with Crippen LogP contribution in [0.25, 0.3) is 5.52 Å². The van der Waals surface area contributed by atoms with Crippen molar-refractivity contribution in [3.8, 4) is 0 Å². The van der Waals surface area contributed by atoms with Gasteiger partial charge in [-0.2, -0.15) is 5.10 Å². The Morgan fingerprint density at radius 1 is 1.36 bits per heavy atom. The predicted octanol–water partition coefficient (Wildman–Crippen LogP) is 0.741. The second-order valence-corrected chi connectivity index (χ2v) is 2.58. The molecule has 2 heterocycles. The van der Waals surface area contributed by atoms with Gasteiger partial charge in [-0.25, -0.2) is 0 Å². The van der Waals surface area contributed by atoms with E-state index in [0.29, 0.717) is 0 Å². The van der Waals surface area contributed by atoms with Crippen LogP contribution < -0.4 is 0 Å². The lowest BCUT2D eigenvalue weighted by atomic mass is 10.3. The van der Waals surface area contributed by atoms with Crippen molar-refractivity contribution in [2.45, 2.75) is 13.8 Å². The van der Waals surface area contributed by atoms with Gasteiger partial charge in [-0.1, -0.05) is 0 Å². The van der Waals surface area contributed by atoms with E-state index in [0.717, 1.165) is 16.8 Å². The molecular formula is C7H8N4. The molecule has 0 fully saturated rings. The molecule has 56 valence electrons. The minimum absolute atomic E-state index is 0.966. The van der Waals surface area contributed by atoms with Crippen LogP contribution in [-0.2, 0) is 0 Å².